The second-order valence-electron chi connectivity index (χ2n) is 3.64. The van der Waals surface area contributed by atoms with Crippen molar-refractivity contribution in [1.82, 2.24) is 0 Å². The van der Waals surface area contributed by atoms with Crippen molar-refractivity contribution in [2.24, 2.45) is 0 Å². The average molecular weight is 235 g/mol. The summed E-state index contributed by atoms with van der Waals surface area (Å²) in [6.45, 7) is 1.13. The number of anilines is 1. The van der Waals surface area contributed by atoms with Crippen LogP contribution >= 0.6 is 0 Å². The Labute approximate surface area is 98.9 Å². The van der Waals surface area contributed by atoms with Gasteiger partial charge in [-0.25, -0.2) is 0 Å². The molecule has 1 aliphatic heterocycles. The Bertz CT molecular complexity index is 444. The summed E-state index contributed by atoms with van der Waals surface area (Å²) in [5.41, 5.74) is 1.19. The second-order valence-corrected chi connectivity index (χ2v) is 3.64. The maximum absolute atomic E-state index is 11.6. The van der Waals surface area contributed by atoms with Gasteiger partial charge in [0.15, 0.2) is 6.29 Å². The molecule has 1 aromatic rings. The molecular weight excluding hydrogens is 222 g/mol. The first-order valence-electron chi connectivity index (χ1n) is 5.27. The minimum Gasteiger partial charge on any atom is -0.496 e. The molecule has 1 amide bonds. The van der Waals surface area contributed by atoms with Gasteiger partial charge < -0.3 is 14.4 Å². The fraction of sp³-hybridized carbons (Fsp3) is 0.333. The van der Waals surface area contributed by atoms with Gasteiger partial charge in [0.1, 0.15) is 12.4 Å². The number of ether oxygens (including phenoxy) is 2. The summed E-state index contributed by atoms with van der Waals surface area (Å²) in [5, 5.41) is 0. The van der Waals surface area contributed by atoms with Gasteiger partial charge in [-0.3, -0.25) is 9.59 Å². The average Bonchev–Trinajstić information content (AvgIpc) is 2.38. The highest BCUT2D eigenvalue weighted by atomic mass is 16.5. The molecule has 17 heavy (non-hydrogen) atoms. The molecule has 0 bridgehead atoms. The van der Waals surface area contributed by atoms with Crippen molar-refractivity contribution in [3.05, 3.63) is 23.8 Å². The molecule has 0 aromatic heterocycles. The summed E-state index contributed by atoms with van der Waals surface area (Å²) in [4.78, 5) is 24.0. The minimum absolute atomic E-state index is 0.0860. The van der Waals surface area contributed by atoms with E-state index in [2.05, 4.69) is 0 Å². The third kappa shape index (κ3) is 2.29. The lowest BCUT2D eigenvalue weighted by Crippen LogP contribution is -2.41. The van der Waals surface area contributed by atoms with Crippen molar-refractivity contribution in [2.45, 2.75) is 0 Å². The molecule has 2 rings (SSSR count). The van der Waals surface area contributed by atoms with E-state index in [0.29, 0.717) is 24.5 Å². The molecule has 5 heteroatoms. The largest absolute Gasteiger partial charge is 0.496 e. The number of rotatable bonds is 3. The van der Waals surface area contributed by atoms with Crippen molar-refractivity contribution >= 4 is 17.9 Å². The smallest absolute Gasteiger partial charge is 0.253 e. The van der Waals surface area contributed by atoms with Crippen LogP contribution in [0.5, 0.6) is 5.75 Å². The zero-order chi connectivity index (χ0) is 12.3. The van der Waals surface area contributed by atoms with Gasteiger partial charge in [0.25, 0.3) is 5.91 Å². The topological polar surface area (TPSA) is 55.8 Å². The van der Waals surface area contributed by atoms with Crippen LogP contribution in [0.1, 0.15) is 10.4 Å². The van der Waals surface area contributed by atoms with Crippen molar-refractivity contribution in [3.8, 4) is 5.75 Å². The number of aldehydes is 1. The normalized spacial score (nSPS) is 15.8. The Kier molecular flexibility index (Phi) is 3.39. The molecule has 1 aliphatic rings. The van der Waals surface area contributed by atoms with E-state index < -0.39 is 0 Å². The molecule has 1 heterocycles. The number of amides is 1. The van der Waals surface area contributed by atoms with E-state index in [9.17, 15) is 9.59 Å². The van der Waals surface area contributed by atoms with Crippen molar-refractivity contribution < 1.29 is 19.1 Å². The van der Waals surface area contributed by atoms with Crippen LogP contribution in [0.4, 0.5) is 5.69 Å². The number of carbonyl (C=O) groups is 2. The first-order chi connectivity index (χ1) is 8.26. The van der Waals surface area contributed by atoms with Gasteiger partial charge in [-0.15, -0.1) is 0 Å². The Morgan fingerprint density at radius 2 is 2.29 bits per heavy atom. The van der Waals surface area contributed by atoms with Crippen LogP contribution in [0.2, 0.25) is 0 Å². The standard InChI is InChI=1S/C12H13NO4/c1-16-11-6-10(3-2-9(11)7-14)13-4-5-17-8-12(13)15/h2-3,6-7H,4-5,8H2,1H3. The van der Waals surface area contributed by atoms with Crippen LogP contribution in [0, 0.1) is 0 Å². The van der Waals surface area contributed by atoms with E-state index in [1.165, 1.54) is 7.11 Å². The second kappa shape index (κ2) is 4.97. The van der Waals surface area contributed by atoms with E-state index in [0.717, 1.165) is 12.0 Å². The molecular formula is C12H13NO4. The Balaban J connectivity index is 2.32. The number of methoxy groups -OCH3 is 1. The quantitative estimate of drug-likeness (QED) is 0.729. The predicted octanol–water partition coefficient (Wildman–Crippen LogP) is 0.871. The molecule has 0 radical (unpaired) electrons. The SMILES string of the molecule is COc1cc(N2CCOCC2=O)ccc1C=O. The van der Waals surface area contributed by atoms with Crippen LogP contribution in [0.25, 0.3) is 0 Å². The Morgan fingerprint density at radius 1 is 1.47 bits per heavy atom. The lowest BCUT2D eigenvalue weighted by atomic mass is 10.1. The third-order valence-corrected chi connectivity index (χ3v) is 2.64. The summed E-state index contributed by atoms with van der Waals surface area (Å²) in [7, 11) is 1.49. The monoisotopic (exact) mass is 235 g/mol. The first-order valence-corrected chi connectivity index (χ1v) is 5.27. The van der Waals surface area contributed by atoms with Crippen molar-refractivity contribution in [3.63, 3.8) is 0 Å². The molecule has 0 unspecified atom stereocenters. The molecule has 0 N–H and O–H groups in total. The fourth-order valence-corrected chi connectivity index (χ4v) is 1.76. The van der Waals surface area contributed by atoms with Gasteiger partial charge >= 0.3 is 0 Å². The number of hydrogen-bond donors (Lipinski definition) is 0. The van der Waals surface area contributed by atoms with Crippen LogP contribution in [0.3, 0.4) is 0 Å². The van der Waals surface area contributed by atoms with E-state index in [4.69, 9.17) is 9.47 Å². The molecule has 0 spiro atoms. The van der Waals surface area contributed by atoms with Gasteiger partial charge in [0, 0.05) is 18.3 Å². The lowest BCUT2D eigenvalue weighted by molar-refractivity contribution is -0.125. The molecule has 1 fully saturated rings. The lowest BCUT2D eigenvalue weighted by Gasteiger charge is -2.27. The number of benzene rings is 1. The number of nitrogens with zero attached hydrogens (tertiary/aromatic N) is 1. The summed E-state index contributed by atoms with van der Waals surface area (Å²) in [6.07, 6.45) is 0.726. The first kappa shape index (κ1) is 11.6. The van der Waals surface area contributed by atoms with Gasteiger partial charge in [-0.05, 0) is 12.1 Å². The summed E-state index contributed by atoms with van der Waals surface area (Å²) >= 11 is 0. The molecule has 5 nitrogen and oxygen atoms in total. The Hall–Kier alpha value is -1.88. The van der Waals surface area contributed by atoms with Crippen LogP contribution in [0.15, 0.2) is 18.2 Å². The summed E-state index contributed by atoms with van der Waals surface area (Å²) in [5.74, 6) is 0.383. The molecule has 0 aliphatic carbocycles. The van der Waals surface area contributed by atoms with Crippen LogP contribution < -0.4 is 9.64 Å². The van der Waals surface area contributed by atoms with Gasteiger partial charge in [0.05, 0.1) is 19.3 Å². The Morgan fingerprint density at radius 3 is 2.94 bits per heavy atom. The molecule has 90 valence electrons. The van der Waals surface area contributed by atoms with E-state index in [-0.39, 0.29) is 12.5 Å². The zero-order valence-electron chi connectivity index (χ0n) is 9.51. The molecule has 1 saturated heterocycles. The fourth-order valence-electron chi connectivity index (χ4n) is 1.76. The predicted molar refractivity (Wildman–Crippen MR) is 61.6 cm³/mol. The van der Waals surface area contributed by atoms with Crippen LogP contribution in [-0.4, -0.2) is 39.1 Å². The summed E-state index contributed by atoms with van der Waals surface area (Å²) in [6, 6.07) is 5.06. The highest BCUT2D eigenvalue weighted by Gasteiger charge is 2.20. The minimum atomic E-state index is -0.0860. The molecule has 1 aromatic carbocycles. The maximum Gasteiger partial charge on any atom is 0.253 e. The number of hydrogen-bond acceptors (Lipinski definition) is 4. The highest BCUT2D eigenvalue weighted by molar-refractivity contribution is 5.95. The number of morpholine rings is 1. The van der Waals surface area contributed by atoms with E-state index in [1.54, 1.807) is 23.1 Å². The number of carbonyl (C=O) groups excluding carboxylic acids is 2. The van der Waals surface area contributed by atoms with Crippen LogP contribution in [-0.2, 0) is 9.53 Å². The molecule has 0 saturated carbocycles. The van der Waals surface area contributed by atoms with Gasteiger partial charge in [-0.1, -0.05) is 0 Å². The highest BCUT2D eigenvalue weighted by Crippen LogP contribution is 2.25. The maximum atomic E-state index is 11.6. The summed E-state index contributed by atoms with van der Waals surface area (Å²) < 4.78 is 10.2. The van der Waals surface area contributed by atoms with E-state index in [1.807, 2.05) is 0 Å². The zero-order valence-corrected chi connectivity index (χ0v) is 9.51. The third-order valence-electron chi connectivity index (χ3n) is 2.64. The van der Waals surface area contributed by atoms with Gasteiger partial charge in [-0.2, -0.15) is 0 Å². The van der Waals surface area contributed by atoms with Crippen molar-refractivity contribution in [2.75, 3.05) is 31.8 Å². The van der Waals surface area contributed by atoms with Crippen molar-refractivity contribution in [1.29, 1.82) is 0 Å². The van der Waals surface area contributed by atoms with Gasteiger partial charge in [0.2, 0.25) is 0 Å². The molecule has 0 atom stereocenters. The van der Waals surface area contributed by atoms with E-state index >= 15 is 0 Å².